The first-order valence-corrected chi connectivity index (χ1v) is 15.3. The van der Waals surface area contributed by atoms with Crippen LogP contribution in [0.15, 0.2) is 70.6 Å². The highest BCUT2D eigenvalue weighted by molar-refractivity contribution is 6.10. The van der Waals surface area contributed by atoms with Crippen molar-refractivity contribution in [2.75, 3.05) is 36.8 Å². The smallest absolute Gasteiger partial charge is 0.255 e. The number of anilines is 2. The van der Waals surface area contributed by atoms with Gasteiger partial charge in [0.05, 0.1) is 13.1 Å². The third-order valence-electron chi connectivity index (χ3n) is 7.05. The van der Waals surface area contributed by atoms with Gasteiger partial charge in [0.1, 0.15) is 11.7 Å². The Bertz CT molecular complexity index is 1600. The van der Waals surface area contributed by atoms with Crippen molar-refractivity contribution in [2.24, 2.45) is 9.98 Å². The van der Waals surface area contributed by atoms with Crippen molar-refractivity contribution >= 4 is 46.7 Å². The second-order valence-electron chi connectivity index (χ2n) is 11.7. The van der Waals surface area contributed by atoms with Gasteiger partial charge in [-0.05, 0) is 88.4 Å². The molecule has 2 heterocycles. The van der Waals surface area contributed by atoms with E-state index in [2.05, 4.69) is 41.9 Å². The van der Waals surface area contributed by atoms with Gasteiger partial charge >= 0.3 is 0 Å². The van der Waals surface area contributed by atoms with Crippen LogP contribution in [0.4, 0.5) is 11.4 Å². The molecule has 46 heavy (non-hydrogen) atoms. The van der Waals surface area contributed by atoms with Gasteiger partial charge < -0.3 is 31.9 Å². The highest BCUT2D eigenvalue weighted by atomic mass is 16.2. The molecule has 6 N–H and O–H groups in total. The van der Waals surface area contributed by atoms with Crippen molar-refractivity contribution in [3.63, 3.8) is 0 Å². The van der Waals surface area contributed by atoms with Gasteiger partial charge in [-0.3, -0.25) is 29.2 Å². The molecule has 0 radical (unpaired) electrons. The third kappa shape index (κ3) is 7.95. The zero-order valence-electron chi connectivity index (χ0n) is 26.3. The predicted octanol–water partition coefficient (Wildman–Crippen LogP) is 3.17. The van der Waals surface area contributed by atoms with E-state index in [1.54, 1.807) is 60.7 Å². The molecular formula is C34H38N8O4. The number of amidine groups is 2. The molecule has 3 aromatic rings. The topological polar surface area (TPSA) is 165 Å². The Hall–Kier alpha value is -5.52. The summed E-state index contributed by atoms with van der Waals surface area (Å²) in [5.74, 6) is 0.00327. The van der Waals surface area contributed by atoms with Crippen LogP contribution in [0.3, 0.4) is 0 Å². The van der Waals surface area contributed by atoms with Gasteiger partial charge in [-0.15, -0.1) is 0 Å². The first-order valence-electron chi connectivity index (χ1n) is 15.3. The van der Waals surface area contributed by atoms with E-state index in [1.807, 2.05) is 27.7 Å². The van der Waals surface area contributed by atoms with E-state index in [9.17, 15) is 19.2 Å². The van der Waals surface area contributed by atoms with Gasteiger partial charge in [-0.25, -0.2) is 0 Å². The molecule has 12 heteroatoms. The van der Waals surface area contributed by atoms with E-state index in [-0.39, 0.29) is 23.9 Å². The molecule has 0 saturated carbocycles. The third-order valence-corrected chi connectivity index (χ3v) is 7.05. The average Bonchev–Trinajstić information content (AvgIpc) is 3.76. The molecule has 0 fully saturated rings. The fourth-order valence-electron chi connectivity index (χ4n) is 4.99. The number of amides is 4. The molecule has 4 amide bonds. The summed E-state index contributed by atoms with van der Waals surface area (Å²) in [5.41, 5.74) is 3.71. The molecular weight excluding hydrogens is 584 g/mol. The molecule has 5 rings (SSSR count). The number of nitrogens with one attached hydrogen (secondary N) is 6. The predicted molar refractivity (Wildman–Crippen MR) is 179 cm³/mol. The van der Waals surface area contributed by atoms with Gasteiger partial charge in [0, 0.05) is 69.9 Å². The summed E-state index contributed by atoms with van der Waals surface area (Å²) in [4.78, 5) is 60.9. The summed E-state index contributed by atoms with van der Waals surface area (Å²) in [5, 5.41) is 17.9. The minimum absolute atomic E-state index is 0.0547. The van der Waals surface area contributed by atoms with E-state index in [1.165, 1.54) is 0 Å². The van der Waals surface area contributed by atoms with Gasteiger partial charge in [0.2, 0.25) is 0 Å². The van der Waals surface area contributed by atoms with Crippen molar-refractivity contribution in [3.8, 4) is 0 Å². The number of hydrogen-bond acceptors (Lipinski definition) is 8. The van der Waals surface area contributed by atoms with E-state index >= 15 is 0 Å². The molecule has 12 nitrogen and oxygen atoms in total. The lowest BCUT2D eigenvalue weighted by Crippen LogP contribution is -2.30. The number of rotatable bonds is 10. The van der Waals surface area contributed by atoms with E-state index in [4.69, 9.17) is 0 Å². The molecule has 0 atom stereocenters. The maximum atomic E-state index is 13.2. The van der Waals surface area contributed by atoms with Gasteiger partial charge in [0.15, 0.2) is 0 Å². The number of nitrogens with zero attached hydrogens (tertiary/aromatic N) is 2. The molecule has 0 bridgehead atoms. The lowest BCUT2D eigenvalue weighted by atomic mass is 10.1. The first-order chi connectivity index (χ1) is 22.0. The Morgan fingerprint density at radius 3 is 1.28 bits per heavy atom. The zero-order chi connectivity index (χ0) is 32.8. The standard InChI is InChI=1S/C34H38N8O4/c1-19(2)39-33(45)25-13-23(29-35-9-10-36-29)15-27(17-25)41-31(43)21-5-7-22(8-6-21)32(44)42-28-16-24(30-37-11-12-38-30)14-26(18-28)34(46)40-20(3)4/h5-8,13-20H,9-12H2,1-4H3,(H,35,36)(H,37,38)(H,39,45)(H,40,46)(H,41,43)(H,42,44). The van der Waals surface area contributed by atoms with Crippen molar-refractivity contribution in [2.45, 2.75) is 39.8 Å². The number of carbonyl (C=O) groups excluding carboxylic acids is 4. The van der Waals surface area contributed by atoms with Crippen LogP contribution in [0.25, 0.3) is 0 Å². The molecule has 3 aromatic carbocycles. The number of carbonyl (C=O) groups is 4. The summed E-state index contributed by atoms with van der Waals surface area (Å²) in [7, 11) is 0. The summed E-state index contributed by atoms with van der Waals surface area (Å²) in [6.07, 6.45) is 0. The quantitative estimate of drug-likeness (QED) is 0.203. The molecule has 0 spiro atoms. The fraction of sp³-hybridized carbons (Fsp3) is 0.294. The van der Waals surface area contributed by atoms with E-state index in [0.29, 0.717) is 82.6 Å². The van der Waals surface area contributed by atoms with Crippen LogP contribution < -0.4 is 31.9 Å². The second kappa shape index (κ2) is 14.1. The lowest BCUT2D eigenvalue weighted by molar-refractivity contribution is 0.0934. The summed E-state index contributed by atoms with van der Waals surface area (Å²) < 4.78 is 0. The summed E-state index contributed by atoms with van der Waals surface area (Å²) >= 11 is 0. The normalized spacial score (nSPS) is 13.8. The Balaban J connectivity index is 1.32. The highest BCUT2D eigenvalue weighted by Gasteiger charge is 2.18. The molecule has 0 unspecified atom stereocenters. The molecule has 0 saturated heterocycles. The van der Waals surface area contributed by atoms with Crippen molar-refractivity contribution in [3.05, 3.63) is 94.0 Å². The largest absolute Gasteiger partial charge is 0.368 e. The number of benzene rings is 3. The van der Waals surface area contributed by atoms with Crippen molar-refractivity contribution < 1.29 is 19.2 Å². The van der Waals surface area contributed by atoms with Crippen LogP contribution in [0, 0.1) is 0 Å². The lowest BCUT2D eigenvalue weighted by Gasteiger charge is -2.14. The Morgan fingerprint density at radius 2 is 0.957 bits per heavy atom. The molecule has 2 aliphatic heterocycles. The van der Waals surface area contributed by atoms with Crippen LogP contribution in [0.1, 0.15) is 80.3 Å². The van der Waals surface area contributed by atoms with E-state index in [0.717, 1.165) is 0 Å². The van der Waals surface area contributed by atoms with Crippen LogP contribution in [-0.4, -0.2) is 73.6 Å². The molecule has 2 aliphatic rings. The monoisotopic (exact) mass is 622 g/mol. The maximum absolute atomic E-state index is 13.2. The van der Waals surface area contributed by atoms with E-state index < -0.39 is 11.8 Å². The number of aliphatic imine (C=N–C) groups is 2. The summed E-state index contributed by atoms with van der Waals surface area (Å²) in [6, 6.07) is 16.4. The Labute approximate surface area is 267 Å². The minimum Gasteiger partial charge on any atom is -0.368 e. The number of hydrogen-bond donors (Lipinski definition) is 6. The SMILES string of the molecule is CC(C)NC(=O)c1cc(NC(=O)c2ccc(C(=O)Nc3cc(C(=O)NC(C)C)cc(C4=NCCN4)c3)cc2)cc(C2=NCCN2)c1. The van der Waals surface area contributed by atoms with Crippen LogP contribution in [0.2, 0.25) is 0 Å². The first kappa shape index (κ1) is 31.9. The van der Waals surface area contributed by atoms with Crippen LogP contribution in [0.5, 0.6) is 0 Å². The van der Waals surface area contributed by atoms with Gasteiger partial charge in [0.25, 0.3) is 23.6 Å². The second-order valence-corrected chi connectivity index (χ2v) is 11.7. The highest BCUT2D eigenvalue weighted by Crippen LogP contribution is 2.20. The van der Waals surface area contributed by atoms with Gasteiger partial charge in [-0.2, -0.15) is 0 Å². The molecule has 0 aliphatic carbocycles. The van der Waals surface area contributed by atoms with Crippen LogP contribution in [-0.2, 0) is 0 Å². The minimum atomic E-state index is -0.404. The van der Waals surface area contributed by atoms with Gasteiger partial charge in [-0.1, -0.05) is 0 Å². The molecule has 238 valence electrons. The fourth-order valence-corrected chi connectivity index (χ4v) is 4.99. The van der Waals surface area contributed by atoms with Crippen molar-refractivity contribution in [1.29, 1.82) is 0 Å². The van der Waals surface area contributed by atoms with Crippen LogP contribution >= 0.6 is 0 Å². The molecule has 0 aromatic heterocycles. The Morgan fingerprint density at radius 1 is 0.565 bits per heavy atom. The average molecular weight is 623 g/mol. The Kier molecular flexibility index (Phi) is 9.75. The maximum Gasteiger partial charge on any atom is 0.255 e. The zero-order valence-corrected chi connectivity index (χ0v) is 26.3. The van der Waals surface area contributed by atoms with Crippen molar-refractivity contribution in [1.82, 2.24) is 21.3 Å². The summed E-state index contributed by atoms with van der Waals surface area (Å²) in [6.45, 7) is 10.2.